The van der Waals surface area contributed by atoms with E-state index in [1.165, 1.54) is 16.4 Å². The van der Waals surface area contributed by atoms with Gasteiger partial charge in [0, 0.05) is 11.1 Å². The van der Waals surface area contributed by atoms with Crippen molar-refractivity contribution in [2.24, 2.45) is 11.8 Å². The van der Waals surface area contributed by atoms with Crippen LogP contribution < -0.4 is 11.3 Å². The Hall–Kier alpha value is -0.450. The van der Waals surface area contributed by atoms with Gasteiger partial charge in [0.05, 0.1) is 6.04 Å². The zero-order valence-electron chi connectivity index (χ0n) is 6.74. The molecule has 3 N–H and O–H groups in total. The molecule has 0 fully saturated rings. The fraction of sp³-hybridized carbons (Fsp3) is 0.571. The standard InChI is InChI=1S/C7H13N3S/c1-5(2)7(10-8)6-3-4-9-11-6/h3-5,7,10H,8H2,1-2H3. The van der Waals surface area contributed by atoms with Gasteiger partial charge in [-0.05, 0) is 23.5 Å². The lowest BCUT2D eigenvalue weighted by atomic mass is 10.0. The molecule has 1 rings (SSSR count). The number of rotatable bonds is 3. The van der Waals surface area contributed by atoms with Crippen molar-refractivity contribution in [3.8, 4) is 0 Å². The number of hydrazine groups is 1. The molecule has 0 radical (unpaired) electrons. The average Bonchev–Trinajstić information content (AvgIpc) is 2.40. The van der Waals surface area contributed by atoms with Crippen molar-refractivity contribution in [3.63, 3.8) is 0 Å². The van der Waals surface area contributed by atoms with Gasteiger partial charge >= 0.3 is 0 Å². The summed E-state index contributed by atoms with van der Waals surface area (Å²) < 4.78 is 4.02. The minimum absolute atomic E-state index is 0.238. The normalized spacial score (nSPS) is 13.8. The summed E-state index contributed by atoms with van der Waals surface area (Å²) in [6, 6.07) is 2.23. The zero-order valence-corrected chi connectivity index (χ0v) is 7.56. The van der Waals surface area contributed by atoms with Crippen molar-refractivity contribution in [3.05, 3.63) is 17.1 Å². The predicted octanol–water partition coefficient (Wildman–Crippen LogP) is 1.30. The van der Waals surface area contributed by atoms with E-state index < -0.39 is 0 Å². The van der Waals surface area contributed by atoms with Crippen molar-refractivity contribution < 1.29 is 0 Å². The van der Waals surface area contributed by atoms with E-state index >= 15 is 0 Å². The van der Waals surface area contributed by atoms with Crippen LogP contribution in [0.2, 0.25) is 0 Å². The maximum Gasteiger partial charge on any atom is 0.0592 e. The fourth-order valence-electron chi connectivity index (χ4n) is 0.989. The number of nitrogens with one attached hydrogen (secondary N) is 1. The Bertz CT molecular complexity index is 195. The highest BCUT2D eigenvalue weighted by Crippen LogP contribution is 2.22. The molecular weight excluding hydrogens is 158 g/mol. The van der Waals surface area contributed by atoms with Crippen LogP contribution >= 0.6 is 11.5 Å². The molecule has 0 aliphatic carbocycles. The molecule has 0 saturated carbocycles. The molecule has 0 aliphatic heterocycles. The highest BCUT2D eigenvalue weighted by molar-refractivity contribution is 7.05. The van der Waals surface area contributed by atoms with Crippen LogP contribution in [-0.4, -0.2) is 4.37 Å². The molecule has 1 heterocycles. The van der Waals surface area contributed by atoms with Gasteiger partial charge in [-0.25, -0.2) is 4.37 Å². The minimum atomic E-state index is 0.238. The van der Waals surface area contributed by atoms with Crippen LogP contribution in [0.3, 0.4) is 0 Å². The molecule has 1 unspecified atom stereocenters. The van der Waals surface area contributed by atoms with E-state index in [1.807, 2.05) is 6.07 Å². The molecule has 0 saturated heterocycles. The molecular formula is C7H13N3S. The molecule has 3 nitrogen and oxygen atoms in total. The molecule has 0 amide bonds. The maximum absolute atomic E-state index is 5.39. The van der Waals surface area contributed by atoms with Crippen LogP contribution in [0.25, 0.3) is 0 Å². The van der Waals surface area contributed by atoms with E-state index in [-0.39, 0.29) is 6.04 Å². The minimum Gasteiger partial charge on any atom is -0.271 e. The van der Waals surface area contributed by atoms with Crippen molar-refractivity contribution in [1.29, 1.82) is 0 Å². The number of hydrogen-bond acceptors (Lipinski definition) is 4. The van der Waals surface area contributed by atoms with Gasteiger partial charge in [0.1, 0.15) is 0 Å². The van der Waals surface area contributed by atoms with Gasteiger partial charge in [-0.2, -0.15) is 0 Å². The maximum atomic E-state index is 5.39. The summed E-state index contributed by atoms with van der Waals surface area (Å²) in [7, 11) is 0. The summed E-state index contributed by atoms with van der Waals surface area (Å²) in [4.78, 5) is 1.20. The first kappa shape index (κ1) is 8.64. The van der Waals surface area contributed by atoms with Crippen LogP contribution in [0.5, 0.6) is 0 Å². The van der Waals surface area contributed by atoms with Gasteiger partial charge in [0.15, 0.2) is 0 Å². The van der Waals surface area contributed by atoms with E-state index in [4.69, 9.17) is 5.84 Å². The van der Waals surface area contributed by atoms with Crippen LogP contribution in [0.1, 0.15) is 24.8 Å². The summed E-state index contributed by atoms with van der Waals surface area (Å²) in [5.74, 6) is 5.89. The highest BCUT2D eigenvalue weighted by Gasteiger charge is 2.14. The van der Waals surface area contributed by atoms with E-state index in [0.29, 0.717) is 5.92 Å². The van der Waals surface area contributed by atoms with Gasteiger partial charge in [0.25, 0.3) is 0 Å². The van der Waals surface area contributed by atoms with Gasteiger partial charge in [0.2, 0.25) is 0 Å². The second-order valence-corrected chi connectivity index (χ2v) is 3.67. The number of nitrogens with zero attached hydrogens (tertiary/aromatic N) is 1. The topological polar surface area (TPSA) is 50.9 Å². The van der Waals surface area contributed by atoms with Gasteiger partial charge < -0.3 is 0 Å². The van der Waals surface area contributed by atoms with Crippen LogP contribution in [-0.2, 0) is 0 Å². The van der Waals surface area contributed by atoms with Crippen molar-refractivity contribution in [2.45, 2.75) is 19.9 Å². The summed E-state index contributed by atoms with van der Waals surface area (Å²) >= 11 is 1.49. The third kappa shape index (κ3) is 1.99. The lowest BCUT2D eigenvalue weighted by Gasteiger charge is -2.16. The summed E-state index contributed by atoms with van der Waals surface area (Å²) in [6.45, 7) is 4.26. The first-order valence-corrected chi connectivity index (χ1v) is 4.39. The molecule has 0 aromatic carbocycles. The molecule has 1 aromatic rings. The quantitative estimate of drug-likeness (QED) is 0.532. The fourth-order valence-corrected chi connectivity index (χ4v) is 1.81. The molecule has 0 spiro atoms. The molecule has 11 heavy (non-hydrogen) atoms. The van der Waals surface area contributed by atoms with Crippen LogP contribution in [0.15, 0.2) is 12.3 Å². The van der Waals surface area contributed by atoms with E-state index in [9.17, 15) is 0 Å². The van der Waals surface area contributed by atoms with Gasteiger partial charge in [-0.3, -0.25) is 11.3 Å². The Morgan fingerprint density at radius 2 is 2.36 bits per heavy atom. The van der Waals surface area contributed by atoms with Crippen molar-refractivity contribution >= 4 is 11.5 Å². The highest BCUT2D eigenvalue weighted by atomic mass is 32.1. The SMILES string of the molecule is CC(C)C(NN)c1ccns1. The summed E-state index contributed by atoms with van der Waals surface area (Å²) in [5, 5.41) is 0. The largest absolute Gasteiger partial charge is 0.271 e. The molecule has 62 valence electrons. The number of aromatic nitrogens is 1. The van der Waals surface area contributed by atoms with Crippen molar-refractivity contribution in [1.82, 2.24) is 9.80 Å². The Balaban J connectivity index is 2.71. The molecule has 0 bridgehead atoms. The monoisotopic (exact) mass is 171 g/mol. The van der Waals surface area contributed by atoms with E-state index in [2.05, 4.69) is 23.6 Å². The summed E-state index contributed by atoms with van der Waals surface area (Å²) in [6.07, 6.45) is 1.80. The second-order valence-electron chi connectivity index (χ2n) is 2.80. The Labute approximate surface area is 70.8 Å². The first-order chi connectivity index (χ1) is 5.25. The second kappa shape index (κ2) is 3.80. The van der Waals surface area contributed by atoms with Crippen molar-refractivity contribution in [2.75, 3.05) is 0 Å². The lowest BCUT2D eigenvalue weighted by Crippen LogP contribution is -2.30. The third-order valence-electron chi connectivity index (χ3n) is 1.61. The zero-order chi connectivity index (χ0) is 8.27. The Morgan fingerprint density at radius 3 is 2.73 bits per heavy atom. The number of nitrogens with two attached hydrogens (primary N) is 1. The molecule has 4 heteroatoms. The van der Waals surface area contributed by atoms with Crippen LogP contribution in [0, 0.1) is 5.92 Å². The van der Waals surface area contributed by atoms with E-state index in [1.54, 1.807) is 6.20 Å². The van der Waals surface area contributed by atoms with E-state index in [0.717, 1.165) is 0 Å². The predicted molar refractivity (Wildman–Crippen MR) is 47.0 cm³/mol. The summed E-state index contributed by atoms with van der Waals surface area (Å²) in [5.41, 5.74) is 2.77. The third-order valence-corrected chi connectivity index (χ3v) is 2.44. The Morgan fingerprint density at radius 1 is 1.64 bits per heavy atom. The molecule has 1 atom stereocenters. The molecule has 0 aliphatic rings. The smallest absolute Gasteiger partial charge is 0.0592 e. The van der Waals surface area contributed by atoms with Gasteiger partial charge in [-0.15, -0.1) is 0 Å². The van der Waals surface area contributed by atoms with Gasteiger partial charge in [-0.1, -0.05) is 13.8 Å². The van der Waals surface area contributed by atoms with Crippen LogP contribution in [0.4, 0.5) is 0 Å². The number of hydrogen-bond donors (Lipinski definition) is 2. The molecule has 1 aromatic heterocycles. The average molecular weight is 171 g/mol. The first-order valence-electron chi connectivity index (χ1n) is 3.62. The Kier molecular flexibility index (Phi) is 2.99. The lowest BCUT2D eigenvalue weighted by molar-refractivity contribution is 0.427.